The molecule has 10 heteroatoms. The quantitative estimate of drug-likeness (QED) is 0.561. The van der Waals surface area contributed by atoms with Gasteiger partial charge in [-0.2, -0.15) is 0 Å². The summed E-state index contributed by atoms with van der Waals surface area (Å²) in [6, 6.07) is 9.12. The van der Waals surface area contributed by atoms with E-state index in [1.165, 1.54) is 0 Å². The summed E-state index contributed by atoms with van der Waals surface area (Å²) in [5.74, 6) is 0.576. The number of hydrogen-bond donors (Lipinski definition) is 1. The fourth-order valence-electron chi connectivity index (χ4n) is 3.61. The molecule has 1 saturated heterocycles. The minimum absolute atomic E-state index is 0.211. The second-order valence-corrected chi connectivity index (χ2v) is 7.84. The Bertz CT molecular complexity index is 1020. The predicted octanol–water partition coefficient (Wildman–Crippen LogP) is 1.96. The van der Waals surface area contributed by atoms with Gasteiger partial charge < -0.3 is 10.2 Å². The summed E-state index contributed by atoms with van der Waals surface area (Å²) in [5.41, 5.74) is 1.78. The second-order valence-electron chi connectivity index (χ2n) is 7.40. The van der Waals surface area contributed by atoms with Crippen LogP contribution in [-0.2, 0) is 0 Å². The molecule has 1 amide bonds. The molecule has 4 rings (SSSR count). The van der Waals surface area contributed by atoms with Crippen LogP contribution in [0.5, 0.6) is 0 Å². The number of hydrogen-bond acceptors (Lipinski definition) is 7. The number of halogens is 1. The van der Waals surface area contributed by atoms with E-state index in [4.69, 9.17) is 11.6 Å². The Balaban J connectivity index is 1.22. The Morgan fingerprint density at radius 2 is 1.90 bits per heavy atom. The normalized spacial score (nSPS) is 14.6. The fourth-order valence-corrected chi connectivity index (χ4v) is 3.79. The molecule has 0 atom stereocenters. The van der Waals surface area contributed by atoms with Crippen LogP contribution in [0.4, 0.5) is 5.95 Å². The predicted molar refractivity (Wildman–Crippen MR) is 119 cm³/mol. The van der Waals surface area contributed by atoms with Gasteiger partial charge in [0, 0.05) is 50.1 Å². The fraction of sp³-hybridized carbons (Fsp3) is 0.381. The number of carbonyl (C=O) groups excluding carboxylic acids is 1. The number of piperazine rings is 1. The molecule has 0 spiro atoms. The van der Waals surface area contributed by atoms with Gasteiger partial charge in [0.1, 0.15) is 0 Å². The molecule has 1 fully saturated rings. The highest BCUT2D eigenvalue weighted by atomic mass is 35.5. The molecule has 162 valence electrons. The molecule has 3 aromatic rings. The van der Waals surface area contributed by atoms with Gasteiger partial charge in [0.05, 0.1) is 11.4 Å². The van der Waals surface area contributed by atoms with Crippen LogP contribution in [-0.4, -0.2) is 75.0 Å². The third-order valence-corrected chi connectivity index (χ3v) is 5.54. The number of nitrogens with one attached hydrogen (secondary N) is 1. The summed E-state index contributed by atoms with van der Waals surface area (Å²) in [6.07, 6.45) is 4.41. The van der Waals surface area contributed by atoms with Crippen LogP contribution >= 0.6 is 11.6 Å². The Hall–Kier alpha value is -3.04. The van der Waals surface area contributed by atoms with Gasteiger partial charge in [-0.15, -0.1) is 5.10 Å². The molecule has 2 aromatic heterocycles. The summed E-state index contributed by atoms with van der Waals surface area (Å²) >= 11 is 6.05. The summed E-state index contributed by atoms with van der Waals surface area (Å²) in [5, 5.41) is 11.7. The monoisotopic (exact) mass is 440 g/mol. The third-order valence-electron chi connectivity index (χ3n) is 5.31. The lowest BCUT2D eigenvalue weighted by molar-refractivity contribution is 0.0945. The molecular weight excluding hydrogens is 416 g/mol. The average Bonchev–Trinajstić information content (AvgIpc) is 3.19. The Kier molecular flexibility index (Phi) is 6.73. The van der Waals surface area contributed by atoms with Crippen molar-refractivity contribution in [3.05, 3.63) is 59.1 Å². The molecule has 1 aliphatic heterocycles. The van der Waals surface area contributed by atoms with E-state index in [1.807, 2.05) is 25.1 Å². The average molecular weight is 441 g/mol. The van der Waals surface area contributed by atoms with E-state index in [0.29, 0.717) is 23.0 Å². The number of aromatic nitrogens is 5. The van der Waals surface area contributed by atoms with Gasteiger partial charge in [0.2, 0.25) is 5.95 Å². The summed E-state index contributed by atoms with van der Waals surface area (Å²) in [7, 11) is 0. The first kappa shape index (κ1) is 21.2. The van der Waals surface area contributed by atoms with Gasteiger partial charge >= 0.3 is 0 Å². The maximum atomic E-state index is 12.5. The highest BCUT2D eigenvalue weighted by Gasteiger charge is 2.19. The van der Waals surface area contributed by atoms with Crippen molar-refractivity contribution in [3.8, 4) is 5.69 Å². The van der Waals surface area contributed by atoms with Crippen LogP contribution in [0.1, 0.15) is 22.6 Å². The molecule has 1 aromatic carbocycles. The molecule has 0 unspecified atom stereocenters. The first-order chi connectivity index (χ1) is 15.1. The van der Waals surface area contributed by atoms with E-state index >= 15 is 0 Å². The lowest BCUT2D eigenvalue weighted by Gasteiger charge is -2.34. The van der Waals surface area contributed by atoms with Gasteiger partial charge in [-0.25, -0.2) is 14.6 Å². The zero-order valence-electron chi connectivity index (χ0n) is 17.4. The van der Waals surface area contributed by atoms with Gasteiger partial charge in [-0.3, -0.25) is 9.69 Å². The van der Waals surface area contributed by atoms with Crippen molar-refractivity contribution in [2.24, 2.45) is 0 Å². The van der Waals surface area contributed by atoms with E-state index < -0.39 is 0 Å². The number of benzene rings is 1. The zero-order valence-corrected chi connectivity index (χ0v) is 18.2. The van der Waals surface area contributed by atoms with E-state index in [1.54, 1.807) is 29.2 Å². The molecular formula is C21H25ClN8O. The van der Waals surface area contributed by atoms with Gasteiger partial charge in [-0.1, -0.05) is 22.9 Å². The number of nitrogens with zero attached hydrogens (tertiary/aromatic N) is 7. The number of carbonyl (C=O) groups is 1. The smallest absolute Gasteiger partial charge is 0.273 e. The topological polar surface area (TPSA) is 92.1 Å². The van der Waals surface area contributed by atoms with Crippen LogP contribution in [0.25, 0.3) is 5.69 Å². The van der Waals surface area contributed by atoms with E-state index in [9.17, 15) is 4.79 Å². The SMILES string of the molecule is Cc1c(C(=O)NCCCN2CCN(c3ncccn3)CC2)nnn1-c1cccc(Cl)c1. The molecule has 9 nitrogen and oxygen atoms in total. The van der Waals surface area contributed by atoms with Crippen LogP contribution in [0, 0.1) is 6.92 Å². The molecule has 1 N–H and O–H groups in total. The van der Waals surface area contributed by atoms with E-state index in [2.05, 4.69) is 35.4 Å². The van der Waals surface area contributed by atoms with Crippen LogP contribution in [0.2, 0.25) is 5.02 Å². The van der Waals surface area contributed by atoms with Gasteiger partial charge in [0.25, 0.3) is 5.91 Å². The van der Waals surface area contributed by atoms with Crippen molar-refractivity contribution in [3.63, 3.8) is 0 Å². The molecule has 0 aliphatic carbocycles. The van der Waals surface area contributed by atoms with Crippen molar-refractivity contribution in [2.75, 3.05) is 44.2 Å². The van der Waals surface area contributed by atoms with Crippen LogP contribution < -0.4 is 10.2 Å². The highest BCUT2D eigenvalue weighted by molar-refractivity contribution is 6.30. The first-order valence-electron chi connectivity index (χ1n) is 10.3. The molecule has 1 aliphatic rings. The van der Waals surface area contributed by atoms with Gasteiger partial charge in [0.15, 0.2) is 5.69 Å². The largest absolute Gasteiger partial charge is 0.351 e. The number of amides is 1. The molecule has 0 bridgehead atoms. The third kappa shape index (κ3) is 5.18. The van der Waals surface area contributed by atoms with Crippen molar-refractivity contribution < 1.29 is 4.79 Å². The number of rotatable bonds is 7. The lowest BCUT2D eigenvalue weighted by Crippen LogP contribution is -2.47. The molecule has 3 heterocycles. The Labute approximate surface area is 186 Å². The maximum absolute atomic E-state index is 12.5. The zero-order chi connectivity index (χ0) is 21.6. The Morgan fingerprint density at radius 1 is 1.13 bits per heavy atom. The van der Waals surface area contributed by atoms with Crippen LogP contribution in [0.15, 0.2) is 42.7 Å². The first-order valence-corrected chi connectivity index (χ1v) is 10.7. The van der Waals surface area contributed by atoms with Crippen molar-refractivity contribution in [1.82, 2.24) is 35.2 Å². The highest BCUT2D eigenvalue weighted by Crippen LogP contribution is 2.16. The second kappa shape index (κ2) is 9.84. The Morgan fingerprint density at radius 3 is 2.65 bits per heavy atom. The van der Waals surface area contributed by atoms with Crippen LogP contribution in [0.3, 0.4) is 0 Å². The van der Waals surface area contributed by atoms with Gasteiger partial charge in [-0.05, 0) is 44.2 Å². The summed E-state index contributed by atoms with van der Waals surface area (Å²) < 4.78 is 1.62. The van der Waals surface area contributed by atoms with Crippen molar-refractivity contribution in [1.29, 1.82) is 0 Å². The summed E-state index contributed by atoms with van der Waals surface area (Å²) in [6.45, 7) is 7.07. The molecule has 0 saturated carbocycles. The molecule has 0 radical (unpaired) electrons. The molecule has 31 heavy (non-hydrogen) atoms. The van der Waals surface area contributed by atoms with Crippen molar-refractivity contribution in [2.45, 2.75) is 13.3 Å². The minimum Gasteiger partial charge on any atom is -0.351 e. The van der Waals surface area contributed by atoms with E-state index in [0.717, 1.165) is 50.8 Å². The van der Waals surface area contributed by atoms with E-state index in [-0.39, 0.29) is 5.91 Å². The minimum atomic E-state index is -0.211. The summed E-state index contributed by atoms with van der Waals surface area (Å²) in [4.78, 5) is 25.8. The van der Waals surface area contributed by atoms with Crippen molar-refractivity contribution >= 4 is 23.5 Å². The maximum Gasteiger partial charge on any atom is 0.273 e. The lowest BCUT2D eigenvalue weighted by atomic mass is 10.2. The standard InChI is InChI=1S/C21H25ClN8O/c1-16-19(26-27-30(16)18-6-2-5-17(22)15-18)20(31)23-9-4-10-28-11-13-29(14-12-28)21-24-7-3-8-25-21/h2-3,5-8,15H,4,9-14H2,1H3,(H,23,31). The number of anilines is 1.